The zero-order valence-corrected chi connectivity index (χ0v) is 24.5. The van der Waals surface area contributed by atoms with Gasteiger partial charge in [-0.2, -0.15) is 0 Å². The third kappa shape index (κ3) is 6.03. The highest BCUT2D eigenvalue weighted by Gasteiger charge is 2.54. The lowest BCUT2D eigenvalue weighted by Gasteiger charge is -2.49. The molecule has 0 aliphatic carbocycles. The molecule has 0 spiro atoms. The number of hydrazine groups is 1. The molecule has 18 heteroatoms. The maximum atomic E-state index is 13.2. The number of nitrogens with zero attached hydrogens (tertiary/aromatic N) is 5. The predicted octanol–water partition coefficient (Wildman–Crippen LogP) is -0.369. The normalized spacial score (nSPS) is 20.8. The standard InChI is InChI=1S/C24H28N10O5S2.ClH/c1-2-9-39-31-17(14-12-41-24(26)28-14)20(35)29-18-21(36)34-19(23(37)38)13(11-40-22(18)34)10-32-7-8-33-16(32)4-3-15(30-33)27-6-5-25;/h2-4,7-8,12,18,22,27,30H,1,5-6,9-11,25H2,(H2,26,28)(H,29,35)(H,37,38);1H/b31-17-;/t18-,22+;/m1./s1. The first-order valence-corrected chi connectivity index (χ1v) is 14.3. The summed E-state index contributed by atoms with van der Waals surface area (Å²) in [5.74, 6) is -0.530. The van der Waals surface area contributed by atoms with Gasteiger partial charge in [-0.3, -0.25) is 19.9 Å². The Morgan fingerprint density at radius 2 is 2.17 bits per heavy atom. The van der Waals surface area contributed by atoms with E-state index >= 15 is 0 Å². The lowest BCUT2D eigenvalue weighted by Crippen LogP contribution is -2.71. The van der Waals surface area contributed by atoms with Gasteiger partial charge in [0.05, 0.1) is 0 Å². The van der Waals surface area contributed by atoms with Crippen molar-refractivity contribution in [2.45, 2.75) is 11.4 Å². The molecular formula is C24H29ClN10O5S2. The molecule has 1 fully saturated rings. The largest absolute Gasteiger partial charge is 0.477 e. The van der Waals surface area contributed by atoms with E-state index in [2.05, 4.69) is 32.8 Å². The van der Waals surface area contributed by atoms with Crippen molar-refractivity contribution in [1.29, 1.82) is 0 Å². The lowest BCUT2D eigenvalue weighted by molar-refractivity contribution is -0.150. The number of amides is 2. The van der Waals surface area contributed by atoms with Crippen LogP contribution in [0, 0.1) is 0 Å². The van der Waals surface area contributed by atoms with Crippen LogP contribution in [0.15, 0.2) is 70.7 Å². The molecule has 2 atom stereocenters. The minimum absolute atomic E-state index is 0. The van der Waals surface area contributed by atoms with E-state index < -0.39 is 29.2 Å². The lowest BCUT2D eigenvalue weighted by atomic mass is 10.0. The summed E-state index contributed by atoms with van der Waals surface area (Å²) in [4.78, 5) is 51.0. The summed E-state index contributed by atoms with van der Waals surface area (Å²) < 4.78 is 0. The molecule has 15 nitrogen and oxygen atoms in total. The summed E-state index contributed by atoms with van der Waals surface area (Å²) in [7, 11) is 0. The molecule has 8 N–H and O–H groups in total. The van der Waals surface area contributed by atoms with Crippen LogP contribution in [0.3, 0.4) is 0 Å². The van der Waals surface area contributed by atoms with Gasteiger partial charge in [0.15, 0.2) is 10.8 Å². The molecule has 0 radical (unpaired) electrons. The number of halogens is 1. The number of nitrogens with two attached hydrogens (primary N) is 2. The van der Waals surface area contributed by atoms with Crippen LogP contribution in [0.2, 0.25) is 0 Å². The Labute approximate surface area is 255 Å². The molecule has 1 aromatic rings. The number of hydrogen-bond donors (Lipinski definition) is 6. The number of hydrogen-bond acceptors (Lipinski definition) is 14. The van der Waals surface area contributed by atoms with Crippen molar-refractivity contribution in [2.24, 2.45) is 10.9 Å². The molecular weight excluding hydrogens is 608 g/mol. The van der Waals surface area contributed by atoms with Gasteiger partial charge >= 0.3 is 5.97 Å². The van der Waals surface area contributed by atoms with E-state index in [1.54, 1.807) is 10.4 Å². The van der Waals surface area contributed by atoms with Gasteiger partial charge in [0, 0.05) is 43.2 Å². The number of rotatable bonds is 12. The Hall–Kier alpha value is -4.19. The maximum Gasteiger partial charge on any atom is 0.352 e. The van der Waals surface area contributed by atoms with Crippen molar-refractivity contribution in [3.8, 4) is 0 Å². The van der Waals surface area contributed by atoms with E-state index in [9.17, 15) is 19.5 Å². The van der Waals surface area contributed by atoms with E-state index in [0.717, 1.165) is 23.0 Å². The number of carbonyl (C=O) groups is 3. The van der Waals surface area contributed by atoms with Crippen molar-refractivity contribution in [2.75, 3.05) is 37.7 Å². The van der Waals surface area contributed by atoms with Crippen LogP contribution in [0.5, 0.6) is 0 Å². The number of β-lactam (4-membered cyclic amide) rings is 1. The third-order valence-electron chi connectivity index (χ3n) is 6.26. The highest BCUT2D eigenvalue weighted by molar-refractivity contribution is 8.00. The molecule has 0 unspecified atom stereocenters. The van der Waals surface area contributed by atoms with Crippen LogP contribution < -0.4 is 27.5 Å². The number of thioether (sulfide) groups is 1. The van der Waals surface area contributed by atoms with E-state index in [0.29, 0.717) is 24.4 Å². The second kappa shape index (κ2) is 13.2. The maximum absolute atomic E-state index is 13.2. The van der Waals surface area contributed by atoms with E-state index in [-0.39, 0.29) is 47.8 Å². The number of aromatic nitrogens is 1. The average Bonchev–Trinajstić information content (AvgIpc) is 3.57. The van der Waals surface area contributed by atoms with Crippen LogP contribution >= 0.6 is 35.5 Å². The number of anilines is 1. The number of carbonyl (C=O) groups excluding carboxylic acids is 2. The van der Waals surface area contributed by atoms with Crippen molar-refractivity contribution >= 4 is 64.1 Å². The van der Waals surface area contributed by atoms with Crippen LogP contribution in [0.1, 0.15) is 5.69 Å². The quantitative estimate of drug-likeness (QED) is 0.0570. The monoisotopic (exact) mass is 636 g/mol. The third-order valence-corrected chi connectivity index (χ3v) is 8.28. The molecule has 2 amide bonds. The van der Waals surface area contributed by atoms with Gasteiger partial charge in [-0.05, 0) is 17.7 Å². The second-order valence-corrected chi connectivity index (χ2v) is 10.9. The van der Waals surface area contributed by atoms with Crippen LogP contribution in [0.25, 0.3) is 0 Å². The number of allylic oxidation sites excluding steroid dienone is 2. The minimum atomic E-state index is -1.22. The number of nitrogen functional groups attached to an aromatic ring is 1. The molecule has 1 aromatic heterocycles. The molecule has 0 aromatic carbocycles. The van der Waals surface area contributed by atoms with E-state index in [1.165, 1.54) is 22.7 Å². The Balaban J connectivity index is 0.00000405. The van der Waals surface area contributed by atoms with E-state index in [1.807, 2.05) is 29.5 Å². The summed E-state index contributed by atoms with van der Waals surface area (Å²) in [5.41, 5.74) is 15.0. The summed E-state index contributed by atoms with van der Waals surface area (Å²) in [6.45, 7) is 4.95. The number of fused-ring (bicyclic) bond motifs is 2. The summed E-state index contributed by atoms with van der Waals surface area (Å²) in [6.07, 6.45) is 8.86. The zero-order valence-electron chi connectivity index (χ0n) is 22.1. The van der Waals surface area contributed by atoms with Gasteiger partial charge in [0.25, 0.3) is 11.8 Å². The highest BCUT2D eigenvalue weighted by atomic mass is 35.5. The van der Waals surface area contributed by atoms with E-state index in [4.69, 9.17) is 16.3 Å². The smallest absolute Gasteiger partial charge is 0.352 e. The van der Waals surface area contributed by atoms with Gasteiger partial charge in [-0.25, -0.2) is 14.8 Å². The van der Waals surface area contributed by atoms with Crippen molar-refractivity contribution in [3.63, 3.8) is 0 Å². The Bertz CT molecular complexity index is 1420. The average molecular weight is 637 g/mol. The summed E-state index contributed by atoms with van der Waals surface area (Å²) >= 11 is 2.49. The summed E-state index contributed by atoms with van der Waals surface area (Å²) in [6, 6.07) is -0.957. The second-order valence-electron chi connectivity index (χ2n) is 8.94. The molecule has 4 aliphatic heterocycles. The Morgan fingerprint density at radius 3 is 2.86 bits per heavy atom. The van der Waals surface area contributed by atoms with Crippen molar-refractivity contribution < 1.29 is 24.3 Å². The van der Waals surface area contributed by atoms with Gasteiger partial charge in [0.1, 0.15) is 41.1 Å². The topological polar surface area (TPSA) is 204 Å². The SMILES string of the molecule is C=CCO/N=C(\C(=O)N[C@@H]1C(=O)N2C(C(=O)O)=C(CN3C=CN4NC(NCCN)=CC=C34)CS[C@@H]12)c1csc(N)n1.Cl. The first-order chi connectivity index (χ1) is 19.8. The van der Waals surface area contributed by atoms with Crippen LogP contribution in [-0.4, -0.2) is 91.8 Å². The fourth-order valence-electron chi connectivity index (χ4n) is 4.45. The number of carboxylic acid groups (broad SMARTS) is 1. The molecule has 1 saturated heterocycles. The number of oxime groups is 1. The van der Waals surface area contributed by atoms with Crippen LogP contribution in [-0.2, 0) is 19.2 Å². The zero-order chi connectivity index (χ0) is 29.1. The fourth-order valence-corrected chi connectivity index (χ4v) is 6.33. The summed E-state index contributed by atoms with van der Waals surface area (Å²) in [5, 5.41) is 22.7. The number of nitrogens with one attached hydrogen (secondary N) is 3. The van der Waals surface area contributed by atoms with Crippen molar-refractivity contribution in [3.05, 3.63) is 71.2 Å². The predicted molar refractivity (Wildman–Crippen MR) is 160 cm³/mol. The van der Waals surface area contributed by atoms with Gasteiger partial charge < -0.3 is 36.9 Å². The molecule has 5 heterocycles. The molecule has 224 valence electrons. The minimum Gasteiger partial charge on any atom is -0.477 e. The molecule has 5 rings (SSSR count). The van der Waals surface area contributed by atoms with Gasteiger partial charge in [0.2, 0.25) is 0 Å². The molecule has 0 bridgehead atoms. The molecule has 4 aliphatic rings. The number of thiazole rings is 1. The Kier molecular flexibility index (Phi) is 9.66. The highest BCUT2D eigenvalue weighted by Crippen LogP contribution is 2.41. The number of carboxylic acids is 1. The Morgan fingerprint density at radius 1 is 1.36 bits per heavy atom. The first-order valence-electron chi connectivity index (χ1n) is 12.4. The first kappa shape index (κ1) is 30.8. The van der Waals surface area contributed by atoms with Gasteiger partial charge in [-0.15, -0.1) is 35.5 Å². The van der Waals surface area contributed by atoms with Crippen molar-refractivity contribution in [1.82, 2.24) is 35.9 Å². The van der Waals surface area contributed by atoms with Gasteiger partial charge in [-0.1, -0.05) is 17.8 Å². The molecule has 0 saturated carbocycles. The number of aliphatic carboxylic acids is 1. The van der Waals surface area contributed by atoms with Crippen LogP contribution in [0.4, 0.5) is 5.13 Å². The molecule has 42 heavy (non-hydrogen) atoms. The fraction of sp³-hybridized carbons (Fsp3) is 0.292.